The number of nitrogens with one attached hydrogen (secondary N) is 1. The Kier molecular flexibility index (Phi) is 2.58. The van der Waals surface area contributed by atoms with Crippen LogP contribution in [-0.4, -0.2) is 15.5 Å². The fraction of sp³-hybridized carbons (Fsp3) is 0.417. The molecule has 1 saturated carbocycles. The van der Waals surface area contributed by atoms with Crippen molar-refractivity contribution < 1.29 is 0 Å². The van der Waals surface area contributed by atoms with E-state index in [0.717, 1.165) is 36.1 Å². The van der Waals surface area contributed by atoms with Crippen molar-refractivity contribution in [1.29, 1.82) is 0 Å². The highest BCUT2D eigenvalue weighted by atomic mass is 35.5. The Hall–Kier alpha value is -0.770. The van der Waals surface area contributed by atoms with Gasteiger partial charge in [0.2, 0.25) is 0 Å². The molecule has 0 atom stereocenters. The summed E-state index contributed by atoms with van der Waals surface area (Å²) in [6.45, 7) is 0. The molecular formula is C12H13Cl2N3. The van der Waals surface area contributed by atoms with E-state index < -0.39 is 0 Å². The lowest BCUT2D eigenvalue weighted by atomic mass is 9.75. The molecule has 0 radical (unpaired) electrons. The summed E-state index contributed by atoms with van der Waals surface area (Å²) in [5.41, 5.74) is 7.90. The van der Waals surface area contributed by atoms with Gasteiger partial charge in [-0.05, 0) is 31.4 Å². The Morgan fingerprint density at radius 3 is 2.65 bits per heavy atom. The minimum absolute atomic E-state index is 0.0680. The molecule has 2 aromatic rings. The fourth-order valence-corrected chi connectivity index (χ4v) is 2.60. The van der Waals surface area contributed by atoms with Crippen LogP contribution in [0.1, 0.15) is 25.1 Å². The van der Waals surface area contributed by atoms with E-state index in [2.05, 4.69) is 9.97 Å². The lowest BCUT2D eigenvalue weighted by Crippen LogP contribution is -2.48. The summed E-state index contributed by atoms with van der Waals surface area (Å²) < 4.78 is 0. The second kappa shape index (κ2) is 3.87. The third kappa shape index (κ3) is 2.03. The van der Waals surface area contributed by atoms with E-state index in [1.54, 1.807) is 12.1 Å². The molecule has 1 fully saturated rings. The standard InChI is InChI=1S/C12H13Cl2N3/c13-7-4-9-10(5-8(7)14)17-11(16-9)6-12(15)2-1-3-12/h4-5H,1-3,6,15H2,(H,16,17). The number of hydrogen-bond donors (Lipinski definition) is 2. The summed E-state index contributed by atoms with van der Waals surface area (Å²) >= 11 is 11.9. The lowest BCUT2D eigenvalue weighted by molar-refractivity contribution is 0.244. The second-order valence-corrected chi connectivity index (χ2v) is 5.67. The predicted molar refractivity (Wildman–Crippen MR) is 70.6 cm³/mol. The van der Waals surface area contributed by atoms with E-state index in [0.29, 0.717) is 10.0 Å². The van der Waals surface area contributed by atoms with Gasteiger partial charge in [-0.3, -0.25) is 0 Å². The summed E-state index contributed by atoms with van der Waals surface area (Å²) in [6.07, 6.45) is 4.16. The van der Waals surface area contributed by atoms with Crippen LogP contribution in [0, 0.1) is 0 Å². The average molecular weight is 270 g/mol. The molecule has 1 aromatic heterocycles. The van der Waals surface area contributed by atoms with Crippen LogP contribution in [0.3, 0.4) is 0 Å². The zero-order chi connectivity index (χ0) is 12.0. The summed E-state index contributed by atoms with van der Waals surface area (Å²) in [5.74, 6) is 0.917. The number of aromatic amines is 1. The number of nitrogens with zero attached hydrogens (tertiary/aromatic N) is 1. The first kappa shape index (κ1) is 11.3. The van der Waals surface area contributed by atoms with Crippen LogP contribution in [0.2, 0.25) is 10.0 Å². The van der Waals surface area contributed by atoms with Crippen LogP contribution < -0.4 is 5.73 Å². The highest BCUT2D eigenvalue weighted by Gasteiger charge is 2.33. The molecule has 5 heteroatoms. The van der Waals surface area contributed by atoms with Crippen molar-refractivity contribution in [3.8, 4) is 0 Å². The van der Waals surface area contributed by atoms with Crippen LogP contribution in [-0.2, 0) is 6.42 Å². The summed E-state index contributed by atoms with van der Waals surface area (Å²) in [6, 6.07) is 3.59. The first-order valence-electron chi connectivity index (χ1n) is 5.68. The number of H-pyrrole nitrogens is 1. The number of benzene rings is 1. The van der Waals surface area contributed by atoms with Crippen LogP contribution in [0.15, 0.2) is 12.1 Å². The van der Waals surface area contributed by atoms with Gasteiger partial charge in [0.05, 0.1) is 21.1 Å². The van der Waals surface area contributed by atoms with Crippen LogP contribution in [0.5, 0.6) is 0 Å². The van der Waals surface area contributed by atoms with Gasteiger partial charge in [0.15, 0.2) is 0 Å². The maximum absolute atomic E-state index is 6.20. The maximum atomic E-state index is 6.20. The first-order chi connectivity index (χ1) is 8.06. The predicted octanol–water partition coefficient (Wildman–Crippen LogP) is 3.29. The molecule has 0 spiro atoms. The number of nitrogens with two attached hydrogens (primary N) is 1. The van der Waals surface area contributed by atoms with Gasteiger partial charge < -0.3 is 10.7 Å². The van der Waals surface area contributed by atoms with E-state index in [-0.39, 0.29) is 5.54 Å². The molecule has 1 aliphatic carbocycles. The number of halogens is 2. The third-order valence-corrected chi connectivity index (χ3v) is 4.16. The molecule has 3 nitrogen and oxygen atoms in total. The quantitative estimate of drug-likeness (QED) is 0.879. The molecule has 1 aliphatic rings. The van der Waals surface area contributed by atoms with E-state index in [9.17, 15) is 0 Å². The van der Waals surface area contributed by atoms with Crippen LogP contribution in [0.25, 0.3) is 11.0 Å². The van der Waals surface area contributed by atoms with Crippen molar-refractivity contribution >= 4 is 34.2 Å². The van der Waals surface area contributed by atoms with Gasteiger partial charge in [-0.1, -0.05) is 23.2 Å². The SMILES string of the molecule is NC1(Cc2nc3cc(Cl)c(Cl)cc3[nH]2)CCC1. The van der Waals surface area contributed by atoms with E-state index in [1.165, 1.54) is 6.42 Å². The Morgan fingerprint density at radius 2 is 2.00 bits per heavy atom. The Labute approximate surface area is 109 Å². The maximum Gasteiger partial charge on any atom is 0.109 e. The zero-order valence-electron chi connectivity index (χ0n) is 9.26. The molecule has 0 bridgehead atoms. The minimum atomic E-state index is -0.0680. The number of imidazole rings is 1. The smallest absolute Gasteiger partial charge is 0.109 e. The first-order valence-corrected chi connectivity index (χ1v) is 6.44. The van der Waals surface area contributed by atoms with Crippen molar-refractivity contribution in [2.24, 2.45) is 5.73 Å². The molecule has 0 amide bonds. The number of aromatic nitrogens is 2. The summed E-state index contributed by atoms with van der Waals surface area (Å²) in [5, 5.41) is 1.07. The topological polar surface area (TPSA) is 54.7 Å². The van der Waals surface area contributed by atoms with Gasteiger partial charge in [-0.25, -0.2) is 4.98 Å². The lowest BCUT2D eigenvalue weighted by Gasteiger charge is -2.37. The molecule has 3 N–H and O–H groups in total. The molecule has 0 saturated heterocycles. The van der Waals surface area contributed by atoms with Gasteiger partial charge >= 0.3 is 0 Å². The van der Waals surface area contributed by atoms with Crippen molar-refractivity contribution in [2.75, 3.05) is 0 Å². The molecule has 3 rings (SSSR count). The van der Waals surface area contributed by atoms with Crippen molar-refractivity contribution in [3.05, 3.63) is 28.0 Å². The van der Waals surface area contributed by atoms with E-state index >= 15 is 0 Å². The van der Waals surface area contributed by atoms with Gasteiger partial charge in [0, 0.05) is 12.0 Å². The molecule has 17 heavy (non-hydrogen) atoms. The number of rotatable bonds is 2. The van der Waals surface area contributed by atoms with Gasteiger partial charge in [0.1, 0.15) is 5.82 Å². The van der Waals surface area contributed by atoms with Crippen LogP contribution in [0.4, 0.5) is 0 Å². The average Bonchev–Trinajstić information content (AvgIpc) is 2.58. The molecular weight excluding hydrogens is 257 g/mol. The third-order valence-electron chi connectivity index (χ3n) is 3.44. The second-order valence-electron chi connectivity index (χ2n) is 4.86. The number of fused-ring (bicyclic) bond motifs is 1. The normalized spacial score (nSPS) is 18.3. The van der Waals surface area contributed by atoms with Crippen molar-refractivity contribution in [3.63, 3.8) is 0 Å². The molecule has 1 heterocycles. The highest BCUT2D eigenvalue weighted by Crippen LogP contribution is 2.33. The van der Waals surface area contributed by atoms with Gasteiger partial charge in [-0.2, -0.15) is 0 Å². The van der Waals surface area contributed by atoms with E-state index in [1.807, 2.05) is 0 Å². The monoisotopic (exact) mass is 269 g/mol. The zero-order valence-corrected chi connectivity index (χ0v) is 10.8. The van der Waals surface area contributed by atoms with Gasteiger partial charge in [0.25, 0.3) is 0 Å². The molecule has 0 unspecified atom stereocenters. The Morgan fingerprint density at radius 1 is 1.29 bits per heavy atom. The molecule has 1 aromatic carbocycles. The molecule has 90 valence electrons. The van der Waals surface area contributed by atoms with Crippen LogP contribution >= 0.6 is 23.2 Å². The molecule has 0 aliphatic heterocycles. The highest BCUT2D eigenvalue weighted by molar-refractivity contribution is 6.42. The largest absolute Gasteiger partial charge is 0.342 e. The Balaban J connectivity index is 1.96. The summed E-state index contributed by atoms with van der Waals surface area (Å²) in [4.78, 5) is 7.76. The Bertz CT molecular complexity index is 533. The van der Waals surface area contributed by atoms with Gasteiger partial charge in [-0.15, -0.1) is 0 Å². The van der Waals surface area contributed by atoms with Crippen molar-refractivity contribution in [1.82, 2.24) is 9.97 Å². The van der Waals surface area contributed by atoms with Crippen molar-refractivity contribution in [2.45, 2.75) is 31.2 Å². The summed E-state index contributed by atoms with van der Waals surface area (Å²) in [7, 11) is 0. The minimum Gasteiger partial charge on any atom is -0.342 e. The fourth-order valence-electron chi connectivity index (χ4n) is 2.28. The van der Waals surface area contributed by atoms with E-state index in [4.69, 9.17) is 28.9 Å². The number of hydrogen-bond acceptors (Lipinski definition) is 2.